The van der Waals surface area contributed by atoms with Crippen LogP contribution in [-0.4, -0.2) is 23.5 Å². The number of aromatic amines is 1. The van der Waals surface area contributed by atoms with Crippen molar-refractivity contribution in [3.63, 3.8) is 0 Å². The molecule has 5 nitrogen and oxygen atoms in total. The fraction of sp³-hybridized carbons (Fsp3) is 0.217. The zero-order chi connectivity index (χ0) is 19.9. The van der Waals surface area contributed by atoms with Crippen molar-refractivity contribution in [3.05, 3.63) is 71.4 Å². The minimum Gasteiger partial charge on any atom is -0.491 e. The van der Waals surface area contributed by atoms with Crippen LogP contribution in [0.1, 0.15) is 25.0 Å². The van der Waals surface area contributed by atoms with E-state index < -0.39 is 0 Å². The number of hydrogen-bond acceptors (Lipinski definition) is 3. The number of carbonyl (C=O) groups excluding carboxylic acids is 1. The van der Waals surface area contributed by atoms with Crippen LogP contribution in [0.5, 0.6) is 5.75 Å². The van der Waals surface area contributed by atoms with Gasteiger partial charge in [0.1, 0.15) is 17.4 Å². The number of para-hydroxylation sites is 1. The summed E-state index contributed by atoms with van der Waals surface area (Å²) < 4.78 is 5.60. The van der Waals surface area contributed by atoms with Crippen LogP contribution in [-0.2, 0) is 11.2 Å². The van der Waals surface area contributed by atoms with Gasteiger partial charge in [-0.3, -0.25) is 4.79 Å². The van der Waals surface area contributed by atoms with Crippen molar-refractivity contribution in [1.29, 1.82) is 5.26 Å². The predicted octanol–water partition coefficient (Wildman–Crippen LogP) is 4.22. The molecule has 0 saturated carbocycles. The van der Waals surface area contributed by atoms with Gasteiger partial charge in [-0.2, -0.15) is 5.26 Å². The lowest BCUT2D eigenvalue weighted by Gasteiger charge is -2.09. The van der Waals surface area contributed by atoms with Gasteiger partial charge in [0.25, 0.3) is 5.91 Å². The highest BCUT2D eigenvalue weighted by molar-refractivity contribution is 6.01. The van der Waals surface area contributed by atoms with Gasteiger partial charge in [-0.25, -0.2) is 0 Å². The first-order chi connectivity index (χ1) is 13.6. The number of H-pyrrole nitrogens is 1. The summed E-state index contributed by atoms with van der Waals surface area (Å²) in [6.45, 7) is 4.38. The quantitative estimate of drug-likeness (QED) is 0.481. The van der Waals surface area contributed by atoms with E-state index in [1.165, 1.54) is 0 Å². The van der Waals surface area contributed by atoms with Gasteiger partial charge in [-0.05, 0) is 55.7 Å². The molecule has 142 valence electrons. The summed E-state index contributed by atoms with van der Waals surface area (Å²) in [5.74, 6) is 0.388. The smallest absolute Gasteiger partial charge is 0.261 e. The average molecular weight is 373 g/mol. The first-order valence-electron chi connectivity index (χ1n) is 9.28. The van der Waals surface area contributed by atoms with Crippen molar-refractivity contribution < 1.29 is 9.53 Å². The Bertz CT molecular complexity index is 1020. The van der Waals surface area contributed by atoms with Gasteiger partial charge < -0.3 is 15.0 Å². The molecule has 1 heterocycles. The number of fused-ring (bicyclic) bond motifs is 1. The molecule has 2 aromatic carbocycles. The number of carbonyl (C=O) groups is 1. The number of benzene rings is 2. The van der Waals surface area contributed by atoms with E-state index in [2.05, 4.69) is 16.4 Å². The van der Waals surface area contributed by atoms with Gasteiger partial charge in [0.05, 0.1) is 6.10 Å². The van der Waals surface area contributed by atoms with Crippen molar-refractivity contribution in [2.24, 2.45) is 0 Å². The molecule has 2 N–H and O–H groups in total. The lowest BCUT2D eigenvalue weighted by molar-refractivity contribution is -0.117. The van der Waals surface area contributed by atoms with Gasteiger partial charge in [0.2, 0.25) is 0 Å². The topological polar surface area (TPSA) is 77.9 Å². The number of nitrogens with one attached hydrogen (secondary N) is 2. The van der Waals surface area contributed by atoms with Crippen molar-refractivity contribution in [2.45, 2.75) is 26.4 Å². The minimum absolute atomic E-state index is 0.0801. The highest BCUT2D eigenvalue weighted by atomic mass is 16.5. The molecule has 0 radical (unpaired) electrons. The Balaban J connectivity index is 1.60. The molecule has 0 aliphatic carbocycles. The zero-order valence-corrected chi connectivity index (χ0v) is 16.0. The molecule has 0 saturated heterocycles. The second-order valence-corrected chi connectivity index (χ2v) is 6.77. The number of rotatable bonds is 7. The van der Waals surface area contributed by atoms with Crippen LogP contribution in [0, 0.1) is 11.3 Å². The van der Waals surface area contributed by atoms with Crippen LogP contribution < -0.4 is 10.1 Å². The highest BCUT2D eigenvalue weighted by Gasteiger charge is 2.10. The largest absolute Gasteiger partial charge is 0.491 e. The average Bonchev–Trinajstić information content (AvgIpc) is 3.10. The molecular weight excluding hydrogens is 350 g/mol. The number of hydrogen-bond donors (Lipinski definition) is 2. The van der Waals surface area contributed by atoms with E-state index in [0.29, 0.717) is 13.0 Å². The Morgan fingerprint density at radius 1 is 1.21 bits per heavy atom. The zero-order valence-electron chi connectivity index (χ0n) is 16.0. The Hall–Kier alpha value is -3.52. The number of nitrogens with zero attached hydrogens (tertiary/aromatic N) is 1. The first-order valence-corrected chi connectivity index (χ1v) is 9.28. The van der Waals surface area contributed by atoms with E-state index in [-0.39, 0.29) is 17.6 Å². The third kappa shape index (κ3) is 4.80. The molecule has 0 bridgehead atoms. The summed E-state index contributed by atoms with van der Waals surface area (Å²) >= 11 is 0. The molecule has 1 amide bonds. The molecule has 0 atom stereocenters. The van der Waals surface area contributed by atoms with Crippen molar-refractivity contribution >= 4 is 22.9 Å². The van der Waals surface area contributed by atoms with Gasteiger partial charge in [0, 0.05) is 23.6 Å². The van der Waals surface area contributed by atoms with E-state index in [4.69, 9.17) is 4.74 Å². The van der Waals surface area contributed by atoms with E-state index in [9.17, 15) is 10.1 Å². The lowest BCUT2D eigenvalue weighted by Crippen LogP contribution is -2.26. The number of amides is 1. The molecule has 28 heavy (non-hydrogen) atoms. The molecule has 0 aliphatic rings. The lowest BCUT2D eigenvalue weighted by atomic mass is 10.1. The van der Waals surface area contributed by atoms with Crippen LogP contribution in [0.4, 0.5) is 0 Å². The maximum absolute atomic E-state index is 12.3. The summed E-state index contributed by atoms with van der Waals surface area (Å²) in [7, 11) is 0. The second-order valence-electron chi connectivity index (χ2n) is 6.77. The van der Waals surface area contributed by atoms with Gasteiger partial charge in [-0.1, -0.05) is 30.3 Å². The normalized spacial score (nSPS) is 11.4. The Morgan fingerprint density at radius 3 is 2.68 bits per heavy atom. The fourth-order valence-corrected chi connectivity index (χ4v) is 2.97. The van der Waals surface area contributed by atoms with Crippen molar-refractivity contribution in [1.82, 2.24) is 10.3 Å². The molecule has 3 rings (SSSR count). The van der Waals surface area contributed by atoms with Crippen LogP contribution in [0.2, 0.25) is 0 Å². The molecule has 0 spiro atoms. The maximum Gasteiger partial charge on any atom is 0.261 e. The van der Waals surface area contributed by atoms with Crippen molar-refractivity contribution in [3.8, 4) is 11.8 Å². The Kier molecular flexibility index (Phi) is 6.13. The van der Waals surface area contributed by atoms with Gasteiger partial charge in [-0.15, -0.1) is 0 Å². The van der Waals surface area contributed by atoms with E-state index in [0.717, 1.165) is 27.8 Å². The minimum atomic E-state index is -0.371. The second kappa shape index (κ2) is 8.92. The Morgan fingerprint density at radius 2 is 1.96 bits per heavy atom. The summed E-state index contributed by atoms with van der Waals surface area (Å²) in [4.78, 5) is 15.6. The summed E-state index contributed by atoms with van der Waals surface area (Å²) in [6, 6.07) is 17.3. The van der Waals surface area contributed by atoms with E-state index in [1.807, 2.05) is 68.6 Å². The van der Waals surface area contributed by atoms with Crippen LogP contribution in [0.15, 0.2) is 60.3 Å². The Labute approximate surface area is 164 Å². The SMILES string of the molecule is CC(C)Oc1ccc(C=C(C#N)C(=O)NCCc2c[nH]c3ccccc23)cc1. The summed E-state index contributed by atoms with van der Waals surface area (Å²) in [5, 5.41) is 13.3. The summed E-state index contributed by atoms with van der Waals surface area (Å²) in [5.41, 5.74) is 3.07. The van der Waals surface area contributed by atoms with E-state index >= 15 is 0 Å². The third-order valence-electron chi connectivity index (χ3n) is 4.28. The number of nitriles is 1. The van der Waals surface area contributed by atoms with E-state index in [1.54, 1.807) is 6.08 Å². The molecule has 0 aliphatic heterocycles. The molecule has 3 aromatic rings. The molecule has 5 heteroatoms. The predicted molar refractivity (Wildman–Crippen MR) is 111 cm³/mol. The fourth-order valence-electron chi connectivity index (χ4n) is 2.97. The molecule has 1 aromatic heterocycles. The van der Waals surface area contributed by atoms with Gasteiger partial charge >= 0.3 is 0 Å². The highest BCUT2D eigenvalue weighted by Crippen LogP contribution is 2.18. The van der Waals surface area contributed by atoms with Crippen LogP contribution in [0.25, 0.3) is 17.0 Å². The van der Waals surface area contributed by atoms with Crippen LogP contribution >= 0.6 is 0 Å². The first kappa shape index (κ1) is 19.2. The van der Waals surface area contributed by atoms with Crippen LogP contribution in [0.3, 0.4) is 0 Å². The maximum atomic E-state index is 12.3. The molecular formula is C23H23N3O2. The molecule has 0 fully saturated rings. The molecule has 0 unspecified atom stereocenters. The summed E-state index contributed by atoms with van der Waals surface area (Å²) in [6.07, 6.45) is 4.33. The monoisotopic (exact) mass is 373 g/mol. The number of ether oxygens (including phenoxy) is 1. The van der Waals surface area contributed by atoms with Gasteiger partial charge in [0.15, 0.2) is 0 Å². The standard InChI is InChI=1S/C23H23N3O2/c1-16(2)28-20-9-7-17(8-10-20)13-19(14-24)23(27)25-12-11-18-15-26-22-6-4-3-5-21(18)22/h3-10,13,15-16,26H,11-12H2,1-2H3,(H,25,27). The van der Waals surface area contributed by atoms with Crippen molar-refractivity contribution in [2.75, 3.05) is 6.54 Å². The number of aromatic nitrogens is 1. The third-order valence-corrected chi connectivity index (χ3v) is 4.28.